The molecule has 0 saturated heterocycles. The molecule has 0 atom stereocenters. The molecule has 0 aromatic heterocycles. The average Bonchev–Trinajstić information content (AvgIpc) is 3.12. The lowest BCUT2D eigenvalue weighted by molar-refractivity contribution is 0.0988. The molecule has 1 aliphatic carbocycles. The molecule has 1 aromatic rings. The van der Waals surface area contributed by atoms with Crippen LogP contribution in [-0.2, 0) is 0 Å². The van der Waals surface area contributed by atoms with E-state index >= 15 is 0 Å². The van der Waals surface area contributed by atoms with E-state index in [0.717, 1.165) is 18.0 Å². The molecule has 1 aromatic carbocycles. The number of ketones is 1. The fourth-order valence-corrected chi connectivity index (χ4v) is 1.90. The molecule has 0 unspecified atom stereocenters. The molecule has 0 radical (unpaired) electrons. The molecule has 1 aliphatic rings. The standard InChI is InChI=1S/C14H19NO/c1-3-14(16)12-6-8-13(9-7-12)15(2)10-11-4-5-11/h6-9,11H,3-5,10H2,1-2H3. The minimum atomic E-state index is 0.219. The van der Waals surface area contributed by atoms with Crippen LogP contribution in [0.1, 0.15) is 36.5 Å². The van der Waals surface area contributed by atoms with Gasteiger partial charge in [-0.05, 0) is 43.0 Å². The zero-order valence-corrected chi connectivity index (χ0v) is 10.1. The molecule has 0 heterocycles. The lowest BCUT2D eigenvalue weighted by Crippen LogP contribution is -2.19. The van der Waals surface area contributed by atoms with Gasteiger partial charge in [0.1, 0.15) is 0 Å². The lowest BCUT2D eigenvalue weighted by Gasteiger charge is -2.19. The highest BCUT2D eigenvalue weighted by Crippen LogP contribution is 2.30. The van der Waals surface area contributed by atoms with Crippen molar-refractivity contribution in [3.63, 3.8) is 0 Å². The number of rotatable bonds is 5. The third-order valence-corrected chi connectivity index (χ3v) is 3.18. The van der Waals surface area contributed by atoms with Gasteiger partial charge in [0.15, 0.2) is 5.78 Å². The maximum Gasteiger partial charge on any atom is 0.162 e. The molecule has 0 amide bonds. The Morgan fingerprint density at radius 2 is 1.94 bits per heavy atom. The summed E-state index contributed by atoms with van der Waals surface area (Å²) in [4.78, 5) is 13.7. The van der Waals surface area contributed by atoms with Crippen molar-refractivity contribution in [2.45, 2.75) is 26.2 Å². The van der Waals surface area contributed by atoms with E-state index in [1.54, 1.807) is 0 Å². The van der Waals surface area contributed by atoms with Crippen LogP contribution in [0.25, 0.3) is 0 Å². The summed E-state index contributed by atoms with van der Waals surface area (Å²) in [5, 5.41) is 0. The van der Waals surface area contributed by atoms with Crippen molar-refractivity contribution in [3.05, 3.63) is 29.8 Å². The van der Waals surface area contributed by atoms with Crippen LogP contribution in [0.5, 0.6) is 0 Å². The van der Waals surface area contributed by atoms with E-state index < -0.39 is 0 Å². The van der Waals surface area contributed by atoms with E-state index in [1.807, 2.05) is 31.2 Å². The van der Waals surface area contributed by atoms with E-state index in [1.165, 1.54) is 18.5 Å². The Bertz CT molecular complexity index is 365. The Hall–Kier alpha value is -1.31. The van der Waals surface area contributed by atoms with Crippen LogP contribution >= 0.6 is 0 Å². The SMILES string of the molecule is CCC(=O)c1ccc(N(C)CC2CC2)cc1. The summed E-state index contributed by atoms with van der Waals surface area (Å²) in [5.74, 6) is 1.11. The van der Waals surface area contributed by atoms with Crippen LogP contribution in [0.3, 0.4) is 0 Å². The van der Waals surface area contributed by atoms with Crippen LogP contribution < -0.4 is 4.90 Å². The Kier molecular flexibility index (Phi) is 3.28. The van der Waals surface area contributed by atoms with Gasteiger partial charge in [-0.15, -0.1) is 0 Å². The quantitative estimate of drug-likeness (QED) is 0.706. The zero-order valence-electron chi connectivity index (χ0n) is 10.1. The van der Waals surface area contributed by atoms with Crippen LogP contribution in [0.4, 0.5) is 5.69 Å². The maximum absolute atomic E-state index is 11.5. The Balaban J connectivity index is 2.02. The van der Waals surface area contributed by atoms with E-state index in [0.29, 0.717) is 6.42 Å². The number of anilines is 1. The smallest absolute Gasteiger partial charge is 0.162 e. The Morgan fingerprint density at radius 1 is 1.31 bits per heavy atom. The minimum Gasteiger partial charge on any atom is -0.374 e. The summed E-state index contributed by atoms with van der Waals surface area (Å²) in [5.41, 5.74) is 2.03. The van der Waals surface area contributed by atoms with Crippen molar-refractivity contribution in [2.24, 2.45) is 5.92 Å². The van der Waals surface area contributed by atoms with Crippen LogP contribution in [0, 0.1) is 5.92 Å². The number of carbonyl (C=O) groups is 1. The molecule has 2 heteroatoms. The molecule has 2 rings (SSSR count). The van der Waals surface area contributed by atoms with Crippen LogP contribution in [0.15, 0.2) is 24.3 Å². The van der Waals surface area contributed by atoms with Crippen molar-refractivity contribution in [1.29, 1.82) is 0 Å². The zero-order chi connectivity index (χ0) is 11.5. The van der Waals surface area contributed by atoms with Crippen molar-refractivity contribution in [1.82, 2.24) is 0 Å². The molecule has 0 aliphatic heterocycles. The van der Waals surface area contributed by atoms with Gasteiger partial charge < -0.3 is 4.90 Å². The molecular formula is C14H19NO. The summed E-state index contributed by atoms with van der Waals surface area (Å²) in [6, 6.07) is 7.96. The first-order valence-electron chi connectivity index (χ1n) is 6.05. The first-order chi connectivity index (χ1) is 7.70. The lowest BCUT2D eigenvalue weighted by atomic mass is 10.1. The average molecular weight is 217 g/mol. The van der Waals surface area contributed by atoms with Crippen molar-refractivity contribution < 1.29 is 4.79 Å². The van der Waals surface area contributed by atoms with E-state index in [9.17, 15) is 4.79 Å². The van der Waals surface area contributed by atoms with Gasteiger partial charge in [-0.25, -0.2) is 0 Å². The number of Topliss-reactive ketones (excluding diaryl/α,β-unsaturated/α-hetero) is 1. The van der Waals surface area contributed by atoms with Crippen molar-refractivity contribution >= 4 is 11.5 Å². The second kappa shape index (κ2) is 4.69. The predicted molar refractivity (Wildman–Crippen MR) is 67.1 cm³/mol. The summed E-state index contributed by atoms with van der Waals surface area (Å²) in [7, 11) is 2.12. The van der Waals surface area contributed by atoms with E-state index in [-0.39, 0.29) is 5.78 Å². The second-order valence-corrected chi connectivity index (χ2v) is 4.65. The molecule has 0 spiro atoms. The van der Waals surface area contributed by atoms with Gasteiger partial charge >= 0.3 is 0 Å². The summed E-state index contributed by atoms with van der Waals surface area (Å²) >= 11 is 0. The van der Waals surface area contributed by atoms with Gasteiger partial charge in [0, 0.05) is 31.3 Å². The third-order valence-electron chi connectivity index (χ3n) is 3.18. The Morgan fingerprint density at radius 3 is 2.44 bits per heavy atom. The van der Waals surface area contributed by atoms with Gasteiger partial charge in [-0.1, -0.05) is 6.92 Å². The van der Waals surface area contributed by atoms with E-state index in [2.05, 4.69) is 11.9 Å². The first-order valence-corrected chi connectivity index (χ1v) is 6.05. The molecule has 1 saturated carbocycles. The fourth-order valence-electron chi connectivity index (χ4n) is 1.90. The van der Waals surface area contributed by atoms with Gasteiger partial charge in [0.05, 0.1) is 0 Å². The summed E-state index contributed by atoms with van der Waals surface area (Å²) in [6.07, 6.45) is 3.32. The third kappa shape index (κ3) is 2.63. The van der Waals surface area contributed by atoms with Gasteiger partial charge in [-0.2, -0.15) is 0 Å². The van der Waals surface area contributed by atoms with Crippen molar-refractivity contribution in [3.8, 4) is 0 Å². The molecule has 1 fully saturated rings. The highest BCUT2D eigenvalue weighted by molar-refractivity contribution is 5.96. The molecule has 2 nitrogen and oxygen atoms in total. The first kappa shape index (κ1) is 11.2. The molecule has 16 heavy (non-hydrogen) atoms. The summed E-state index contributed by atoms with van der Waals surface area (Å²) < 4.78 is 0. The Labute approximate surface area is 97.3 Å². The maximum atomic E-state index is 11.5. The van der Waals surface area contributed by atoms with E-state index in [4.69, 9.17) is 0 Å². The topological polar surface area (TPSA) is 20.3 Å². The minimum absolute atomic E-state index is 0.219. The normalized spacial score (nSPS) is 14.9. The van der Waals surface area contributed by atoms with Crippen LogP contribution in [-0.4, -0.2) is 19.4 Å². The number of benzene rings is 1. The molecule has 0 N–H and O–H groups in total. The second-order valence-electron chi connectivity index (χ2n) is 4.65. The van der Waals surface area contributed by atoms with Gasteiger partial charge in [0.25, 0.3) is 0 Å². The highest BCUT2D eigenvalue weighted by Gasteiger charge is 2.22. The van der Waals surface area contributed by atoms with Crippen LogP contribution in [0.2, 0.25) is 0 Å². The fraction of sp³-hybridized carbons (Fsp3) is 0.500. The molecule has 86 valence electrons. The molecule has 0 bridgehead atoms. The number of hydrogen-bond acceptors (Lipinski definition) is 2. The molecular weight excluding hydrogens is 198 g/mol. The number of hydrogen-bond donors (Lipinski definition) is 0. The monoisotopic (exact) mass is 217 g/mol. The highest BCUT2D eigenvalue weighted by atomic mass is 16.1. The predicted octanol–water partition coefficient (Wildman–Crippen LogP) is 3.13. The number of nitrogens with zero attached hydrogens (tertiary/aromatic N) is 1. The van der Waals surface area contributed by atoms with Crippen molar-refractivity contribution in [2.75, 3.05) is 18.5 Å². The number of carbonyl (C=O) groups excluding carboxylic acids is 1. The van der Waals surface area contributed by atoms with Gasteiger partial charge in [0.2, 0.25) is 0 Å². The summed E-state index contributed by atoms with van der Waals surface area (Å²) in [6.45, 7) is 3.04. The van der Waals surface area contributed by atoms with Gasteiger partial charge in [-0.3, -0.25) is 4.79 Å². The largest absolute Gasteiger partial charge is 0.374 e.